The molecule has 1 fully saturated rings. The molecule has 2 aromatic carbocycles. The number of nitrogens with one attached hydrogen (secondary N) is 1. The summed E-state index contributed by atoms with van der Waals surface area (Å²) in [6.07, 6.45) is 6.99. The Bertz CT molecular complexity index is 832. The van der Waals surface area contributed by atoms with Crippen molar-refractivity contribution in [3.63, 3.8) is 0 Å². The van der Waals surface area contributed by atoms with Crippen molar-refractivity contribution in [2.45, 2.75) is 76.9 Å². The van der Waals surface area contributed by atoms with Gasteiger partial charge in [0.1, 0.15) is 11.9 Å². The van der Waals surface area contributed by atoms with E-state index in [1.54, 1.807) is 17.0 Å². The van der Waals surface area contributed by atoms with Gasteiger partial charge in [-0.15, -0.1) is 0 Å². The van der Waals surface area contributed by atoms with Crippen LogP contribution in [0.2, 0.25) is 0 Å². The van der Waals surface area contributed by atoms with Gasteiger partial charge in [-0.1, -0.05) is 68.7 Å². The molecule has 1 N–H and O–H groups in total. The van der Waals surface area contributed by atoms with E-state index in [-0.39, 0.29) is 30.2 Å². The van der Waals surface area contributed by atoms with Crippen LogP contribution in [0, 0.1) is 5.82 Å². The number of benzene rings is 2. The zero-order chi connectivity index (χ0) is 22.1. The smallest absolute Gasteiger partial charge is 0.243 e. The molecule has 31 heavy (non-hydrogen) atoms. The molecule has 0 saturated heterocycles. The molecule has 0 aliphatic heterocycles. The highest BCUT2D eigenvalue weighted by Crippen LogP contribution is 2.20. The number of rotatable bonds is 9. The lowest BCUT2D eigenvalue weighted by Crippen LogP contribution is -2.52. The van der Waals surface area contributed by atoms with Crippen molar-refractivity contribution in [3.05, 3.63) is 71.5 Å². The molecule has 0 heterocycles. The Morgan fingerprint density at radius 3 is 2.32 bits per heavy atom. The molecule has 2 aromatic rings. The Hall–Kier alpha value is -2.69. The number of hydrogen-bond acceptors (Lipinski definition) is 2. The molecule has 166 valence electrons. The van der Waals surface area contributed by atoms with Crippen LogP contribution < -0.4 is 5.32 Å². The van der Waals surface area contributed by atoms with Crippen molar-refractivity contribution in [1.82, 2.24) is 10.2 Å². The summed E-state index contributed by atoms with van der Waals surface area (Å²) in [4.78, 5) is 28.2. The van der Waals surface area contributed by atoms with Gasteiger partial charge in [0.15, 0.2) is 0 Å². The molecule has 0 spiro atoms. The van der Waals surface area contributed by atoms with Gasteiger partial charge < -0.3 is 10.2 Å². The number of halogens is 1. The minimum Gasteiger partial charge on any atom is -0.352 e. The largest absolute Gasteiger partial charge is 0.352 e. The molecule has 0 radical (unpaired) electrons. The van der Waals surface area contributed by atoms with Gasteiger partial charge in [0.2, 0.25) is 11.8 Å². The molecule has 1 saturated carbocycles. The second-order valence-electron chi connectivity index (χ2n) is 8.45. The lowest BCUT2D eigenvalue weighted by atomic mass is 9.94. The van der Waals surface area contributed by atoms with E-state index in [4.69, 9.17) is 0 Å². The van der Waals surface area contributed by atoms with Crippen LogP contribution in [0.15, 0.2) is 54.6 Å². The average Bonchev–Trinajstić information content (AvgIpc) is 2.79. The van der Waals surface area contributed by atoms with Gasteiger partial charge in [0.05, 0.1) is 0 Å². The van der Waals surface area contributed by atoms with E-state index in [0.29, 0.717) is 19.3 Å². The summed E-state index contributed by atoms with van der Waals surface area (Å²) < 4.78 is 13.4. The first kappa shape index (κ1) is 23.0. The van der Waals surface area contributed by atoms with Crippen LogP contribution in [0.25, 0.3) is 0 Å². The molecule has 3 rings (SSSR count). The highest BCUT2D eigenvalue weighted by Gasteiger charge is 2.31. The summed E-state index contributed by atoms with van der Waals surface area (Å²) in [5.74, 6) is -0.458. The van der Waals surface area contributed by atoms with Crippen LogP contribution in [-0.4, -0.2) is 28.8 Å². The van der Waals surface area contributed by atoms with Crippen molar-refractivity contribution < 1.29 is 14.0 Å². The van der Waals surface area contributed by atoms with Crippen molar-refractivity contribution in [2.75, 3.05) is 0 Å². The van der Waals surface area contributed by atoms with E-state index < -0.39 is 6.04 Å². The number of amides is 2. The lowest BCUT2D eigenvalue weighted by molar-refractivity contribution is -0.141. The maximum absolute atomic E-state index is 13.4. The lowest BCUT2D eigenvalue weighted by Gasteiger charge is -2.33. The molecule has 2 amide bonds. The summed E-state index contributed by atoms with van der Waals surface area (Å²) in [5.41, 5.74) is 1.83. The fourth-order valence-electron chi connectivity index (χ4n) is 4.24. The monoisotopic (exact) mass is 424 g/mol. The van der Waals surface area contributed by atoms with Crippen LogP contribution >= 0.6 is 0 Å². The van der Waals surface area contributed by atoms with Gasteiger partial charge in [0.25, 0.3) is 0 Å². The fraction of sp³-hybridized carbons (Fsp3) is 0.462. The Morgan fingerprint density at radius 1 is 1.00 bits per heavy atom. The molecule has 0 aromatic heterocycles. The van der Waals surface area contributed by atoms with Gasteiger partial charge in [-0.2, -0.15) is 0 Å². The Balaban J connectivity index is 1.87. The van der Waals surface area contributed by atoms with E-state index in [0.717, 1.165) is 36.8 Å². The van der Waals surface area contributed by atoms with Crippen molar-refractivity contribution >= 4 is 11.8 Å². The zero-order valence-corrected chi connectivity index (χ0v) is 18.4. The van der Waals surface area contributed by atoms with Gasteiger partial charge in [-0.05, 0) is 42.5 Å². The molecule has 5 heteroatoms. The third-order valence-corrected chi connectivity index (χ3v) is 5.95. The number of hydrogen-bond donors (Lipinski definition) is 1. The van der Waals surface area contributed by atoms with Crippen LogP contribution in [-0.2, 0) is 22.6 Å². The zero-order valence-electron chi connectivity index (χ0n) is 18.4. The summed E-state index contributed by atoms with van der Waals surface area (Å²) in [7, 11) is 0. The van der Waals surface area contributed by atoms with E-state index in [2.05, 4.69) is 5.32 Å². The first-order valence-corrected chi connectivity index (χ1v) is 11.4. The van der Waals surface area contributed by atoms with Crippen molar-refractivity contribution in [2.24, 2.45) is 0 Å². The third-order valence-electron chi connectivity index (χ3n) is 5.95. The second-order valence-corrected chi connectivity index (χ2v) is 8.45. The number of carbonyl (C=O) groups excluding carboxylic acids is 2. The quantitative estimate of drug-likeness (QED) is 0.615. The minimum absolute atomic E-state index is 0.0495. The molecule has 1 atom stereocenters. The topological polar surface area (TPSA) is 49.4 Å². The summed E-state index contributed by atoms with van der Waals surface area (Å²) in [5, 5.41) is 3.22. The molecule has 4 nitrogen and oxygen atoms in total. The molecule has 1 aliphatic carbocycles. The predicted molar refractivity (Wildman–Crippen MR) is 121 cm³/mol. The van der Waals surface area contributed by atoms with Gasteiger partial charge in [-0.3, -0.25) is 9.59 Å². The normalized spacial score (nSPS) is 15.3. The summed E-state index contributed by atoms with van der Waals surface area (Å²) in [6.45, 7) is 2.25. The van der Waals surface area contributed by atoms with Gasteiger partial charge in [0, 0.05) is 25.4 Å². The standard InChI is InChI=1S/C26H33FN2O2/c1-2-9-25(30)29(19-21-14-16-22(27)17-15-21)24(18-20-10-5-3-6-11-20)26(31)28-23-12-7-4-8-13-23/h3,5-6,10-11,14-17,23-24H,2,4,7-9,12-13,18-19H2,1H3,(H,28,31)/t24-/m1/s1. The van der Waals surface area contributed by atoms with E-state index in [1.165, 1.54) is 18.6 Å². The SMILES string of the molecule is CCCC(=O)N(Cc1ccc(F)cc1)[C@H](Cc1ccccc1)C(=O)NC1CCCCC1. The number of carbonyl (C=O) groups is 2. The van der Waals surface area contributed by atoms with Crippen molar-refractivity contribution in [1.29, 1.82) is 0 Å². The highest BCUT2D eigenvalue weighted by molar-refractivity contribution is 5.88. The Morgan fingerprint density at radius 2 is 1.68 bits per heavy atom. The van der Waals surface area contributed by atoms with E-state index in [1.807, 2.05) is 37.3 Å². The van der Waals surface area contributed by atoms with Gasteiger partial charge >= 0.3 is 0 Å². The average molecular weight is 425 g/mol. The summed E-state index contributed by atoms with van der Waals surface area (Å²) >= 11 is 0. The maximum atomic E-state index is 13.4. The minimum atomic E-state index is -0.603. The predicted octanol–water partition coefficient (Wildman–Crippen LogP) is 5.01. The van der Waals surface area contributed by atoms with Crippen molar-refractivity contribution in [3.8, 4) is 0 Å². The highest BCUT2D eigenvalue weighted by atomic mass is 19.1. The van der Waals surface area contributed by atoms with E-state index in [9.17, 15) is 14.0 Å². The van der Waals surface area contributed by atoms with Crippen LogP contribution in [0.1, 0.15) is 63.0 Å². The molecular formula is C26H33FN2O2. The molecule has 0 unspecified atom stereocenters. The fourth-order valence-corrected chi connectivity index (χ4v) is 4.24. The van der Waals surface area contributed by atoms with Crippen LogP contribution in [0.5, 0.6) is 0 Å². The first-order chi connectivity index (χ1) is 15.1. The van der Waals surface area contributed by atoms with Crippen LogP contribution in [0.3, 0.4) is 0 Å². The summed E-state index contributed by atoms with van der Waals surface area (Å²) in [6, 6.07) is 15.5. The van der Waals surface area contributed by atoms with E-state index >= 15 is 0 Å². The maximum Gasteiger partial charge on any atom is 0.243 e. The van der Waals surface area contributed by atoms with Crippen LogP contribution in [0.4, 0.5) is 4.39 Å². The molecule has 0 bridgehead atoms. The third kappa shape index (κ3) is 6.91. The Labute approximate surface area is 184 Å². The first-order valence-electron chi connectivity index (χ1n) is 11.4. The molecular weight excluding hydrogens is 391 g/mol. The van der Waals surface area contributed by atoms with Gasteiger partial charge in [-0.25, -0.2) is 4.39 Å². The Kier molecular flexibility index (Phi) is 8.63. The molecule has 1 aliphatic rings. The number of nitrogens with zero attached hydrogens (tertiary/aromatic N) is 1. The second kappa shape index (κ2) is 11.6.